The van der Waals surface area contributed by atoms with Crippen molar-refractivity contribution >= 4 is 39.0 Å². The van der Waals surface area contributed by atoms with E-state index < -0.39 is 0 Å². The van der Waals surface area contributed by atoms with Crippen molar-refractivity contribution in [3.05, 3.63) is 89.5 Å². The summed E-state index contributed by atoms with van der Waals surface area (Å²) < 4.78 is 5.97. The number of fused-ring (bicyclic) bond motifs is 1. The fraction of sp³-hybridized carbons (Fsp3) is 0.259. The van der Waals surface area contributed by atoms with Crippen LogP contribution in [-0.4, -0.2) is 47.9 Å². The third kappa shape index (κ3) is 4.77. The molecule has 1 amide bonds. The van der Waals surface area contributed by atoms with Crippen LogP contribution in [0.3, 0.4) is 0 Å². The number of carbonyl (C=O) groups excluding carboxylic acids is 1. The molecule has 0 saturated carbocycles. The van der Waals surface area contributed by atoms with Gasteiger partial charge in [-0.2, -0.15) is 4.37 Å². The molecule has 0 unspecified atom stereocenters. The van der Waals surface area contributed by atoms with E-state index in [2.05, 4.69) is 45.4 Å². The quantitative estimate of drug-likeness (QED) is 0.432. The molecular weight excluding hydrogens is 428 g/mol. The highest BCUT2D eigenvalue weighted by Crippen LogP contribution is 2.30. The topological polar surface area (TPSA) is 48.5 Å². The number of para-hydroxylation sites is 1. The molecular formula is C27H28N4OS. The Morgan fingerprint density at radius 3 is 2.52 bits per heavy atom. The number of hydrogen-bond acceptors (Lipinski definition) is 5. The predicted octanol–water partition coefficient (Wildman–Crippen LogP) is 5.22. The first-order valence-electron chi connectivity index (χ1n) is 11.5. The Kier molecular flexibility index (Phi) is 6.37. The maximum Gasteiger partial charge on any atom is 0.255 e. The minimum absolute atomic E-state index is 0.0512. The van der Waals surface area contributed by atoms with Crippen LogP contribution in [0.4, 0.5) is 11.5 Å². The molecule has 1 aliphatic heterocycles. The van der Waals surface area contributed by atoms with E-state index in [9.17, 15) is 4.79 Å². The molecule has 1 fully saturated rings. The summed E-state index contributed by atoms with van der Waals surface area (Å²) in [5, 5.41) is 4.38. The van der Waals surface area contributed by atoms with E-state index >= 15 is 0 Å². The number of piperazine rings is 1. The van der Waals surface area contributed by atoms with E-state index in [1.165, 1.54) is 15.6 Å². The number of amides is 1. The standard InChI is InChI=1S/C27H28N4OS/c1-20-8-2-4-10-22(20)27(32)28-24-12-6-3-9-21(24)14-15-30-16-18-31(19-17-30)26-23-11-5-7-13-25(23)33-29-26/h2-13H,14-19H2,1H3,(H,28,32). The average molecular weight is 457 g/mol. The van der Waals surface area contributed by atoms with Gasteiger partial charge >= 0.3 is 0 Å². The van der Waals surface area contributed by atoms with Crippen molar-refractivity contribution in [3.8, 4) is 0 Å². The molecule has 1 aliphatic rings. The van der Waals surface area contributed by atoms with Crippen LogP contribution >= 0.6 is 11.5 Å². The summed E-state index contributed by atoms with van der Waals surface area (Å²) in [6.45, 7) is 6.95. The van der Waals surface area contributed by atoms with Gasteiger partial charge in [0.05, 0.1) is 4.70 Å². The molecule has 1 saturated heterocycles. The van der Waals surface area contributed by atoms with Gasteiger partial charge in [0.25, 0.3) is 5.91 Å². The van der Waals surface area contributed by atoms with Crippen molar-refractivity contribution in [1.82, 2.24) is 9.27 Å². The van der Waals surface area contributed by atoms with Crippen LogP contribution in [0.2, 0.25) is 0 Å². The Morgan fingerprint density at radius 2 is 1.67 bits per heavy atom. The van der Waals surface area contributed by atoms with Gasteiger partial charge in [0.15, 0.2) is 0 Å². The van der Waals surface area contributed by atoms with Gasteiger partial charge < -0.3 is 10.2 Å². The summed E-state index contributed by atoms with van der Waals surface area (Å²) in [6, 6.07) is 24.3. The monoisotopic (exact) mass is 456 g/mol. The molecule has 4 aromatic rings. The molecule has 3 aromatic carbocycles. The molecule has 5 nitrogen and oxygen atoms in total. The number of benzene rings is 3. The molecule has 0 radical (unpaired) electrons. The smallest absolute Gasteiger partial charge is 0.255 e. The highest BCUT2D eigenvalue weighted by atomic mass is 32.1. The molecule has 1 N–H and O–H groups in total. The van der Waals surface area contributed by atoms with Crippen LogP contribution in [0.5, 0.6) is 0 Å². The maximum absolute atomic E-state index is 12.8. The summed E-state index contributed by atoms with van der Waals surface area (Å²) in [7, 11) is 0. The number of hydrogen-bond donors (Lipinski definition) is 1. The van der Waals surface area contributed by atoms with E-state index in [1.54, 1.807) is 11.5 Å². The van der Waals surface area contributed by atoms with Gasteiger partial charge in [0.2, 0.25) is 0 Å². The van der Waals surface area contributed by atoms with Crippen molar-refractivity contribution in [2.45, 2.75) is 13.3 Å². The minimum atomic E-state index is -0.0512. The van der Waals surface area contributed by atoms with Crippen LogP contribution in [0.25, 0.3) is 10.1 Å². The third-order valence-corrected chi connectivity index (χ3v) is 7.20. The molecule has 0 bridgehead atoms. The van der Waals surface area contributed by atoms with Crippen molar-refractivity contribution in [1.29, 1.82) is 0 Å². The molecule has 6 heteroatoms. The lowest BCUT2D eigenvalue weighted by atomic mass is 10.1. The second-order valence-corrected chi connectivity index (χ2v) is 9.31. The molecule has 168 valence electrons. The normalized spacial score (nSPS) is 14.5. The van der Waals surface area contributed by atoms with Crippen molar-refractivity contribution in [2.24, 2.45) is 0 Å². The molecule has 33 heavy (non-hydrogen) atoms. The van der Waals surface area contributed by atoms with Crippen LogP contribution in [0.15, 0.2) is 72.8 Å². The highest BCUT2D eigenvalue weighted by molar-refractivity contribution is 7.13. The Hall–Kier alpha value is -3.22. The first-order valence-corrected chi connectivity index (χ1v) is 12.2. The minimum Gasteiger partial charge on any atom is -0.353 e. The highest BCUT2D eigenvalue weighted by Gasteiger charge is 2.21. The van der Waals surface area contributed by atoms with E-state index in [0.717, 1.165) is 61.8 Å². The van der Waals surface area contributed by atoms with Gasteiger partial charge in [0, 0.05) is 49.4 Å². The second-order valence-electron chi connectivity index (χ2n) is 8.51. The zero-order valence-corrected chi connectivity index (χ0v) is 19.6. The summed E-state index contributed by atoms with van der Waals surface area (Å²) in [4.78, 5) is 17.7. The third-order valence-electron chi connectivity index (χ3n) is 6.38. The summed E-state index contributed by atoms with van der Waals surface area (Å²) >= 11 is 1.58. The van der Waals surface area contributed by atoms with Crippen LogP contribution in [-0.2, 0) is 6.42 Å². The van der Waals surface area contributed by atoms with E-state index in [1.807, 2.05) is 49.4 Å². The molecule has 0 atom stereocenters. The van der Waals surface area contributed by atoms with E-state index in [0.29, 0.717) is 0 Å². The van der Waals surface area contributed by atoms with Gasteiger partial charge in [-0.15, -0.1) is 0 Å². The van der Waals surface area contributed by atoms with Gasteiger partial charge in [-0.05, 0) is 60.3 Å². The Bertz CT molecular complexity index is 1260. The number of aryl methyl sites for hydroxylation is 1. The molecule has 0 aliphatic carbocycles. The fourth-order valence-corrected chi connectivity index (χ4v) is 5.24. The molecule has 5 rings (SSSR count). The predicted molar refractivity (Wildman–Crippen MR) is 138 cm³/mol. The fourth-order valence-electron chi connectivity index (χ4n) is 4.44. The summed E-state index contributed by atoms with van der Waals surface area (Å²) in [6.07, 6.45) is 0.907. The van der Waals surface area contributed by atoms with Gasteiger partial charge in [-0.1, -0.05) is 48.5 Å². The van der Waals surface area contributed by atoms with Gasteiger partial charge in [-0.3, -0.25) is 9.69 Å². The number of nitrogens with one attached hydrogen (secondary N) is 1. The first kappa shape index (κ1) is 21.6. The molecule has 0 spiro atoms. The van der Waals surface area contributed by atoms with Crippen LogP contribution < -0.4 is 10.2 Å². The lowest BCUT2D eigenvalue weighted by Gasteiger charge is -2.35. The second kappa shape index (κ2) is 9.73. The molecule has 1 aromatic heterocycles. The average Bonchev–Trinajstić information content (AvgIpc) is 3.28. The van der Waals surface area contributed by atoms with Crippen LogP contribution in [0, 0.1) is 6.92 Å². The van der Waals surface area contributed by atoms with E-state index in [4.69, 9.17) is 4.37 Å². The zero-order chi connectivity index (χ0) is 22.6. The van der Waals surface area contributed by atoms with Gasteiger partial charge in [0.1, 0.15) is 5.82 Å². The number of anilines is 2. The van der Waals surface area contributed by atoms with Gasteiger partial charge in [-0.25, -0.2) is 0 Å². The Morgan fingerprint density at radius 1 is 0.939 bits per heavy atom. The largest absolute Gasteiger partial charge is 0.353 e. The van der Waals surface area contributed by atoms with Crippen LogP contribution in [0.1, 0.15) is 21.5 Å². The Labute approximate surface area is 198 Å². The van der Waals surface area contributed by atoms with E-state index in [-0.39, 0.29) is 5.91 Å². The molecule has 2 heterocycles. The number of nitrogens with zero attached hydrogens (tertiary/aromatic N) is 3. The van der Waals surface area contributed by atoms with Crippen molar-refractivity contribution in [3.63, 3.8) is 0 Å². The lowest BCUT2D eigenvalue weighted by Crippen LogP contribution is -2.47. The first-order chi connectivity index (χ1) is 16.2. The Balaban J connectivity index is 1.19. The van der Waals surface area contributed by atoms with Crippen molar-refractivity contribution in [2.75, 3.05) is 42.9 Å². The maximum atomic E-state index is 12.8. The lowest BCUT2D eigenvalue weighted by molar-refractivity contribution is 0.102. The summed E-state index contributed by atoms with van der Waals surface area (Å²) in [5.74, 6) is 1.07. The number of carbonyl (C=O) groups is 1. The zero-order valence-electron chi connectivity index (χ0n) is 18.8. The number of aromatic nitrogens is 1. The number of rotatable bonds is 6. The SMILES string of the molecule is Cc1ccccc1C(=O)Nc1ccccc1CCN1CCN(c2nsc3ccccc23)CC1. The van der Waals surface area contributed by atoms with Crippen molar-refractivity contribution < 1.29 is 4.79 Å². The summed E-state index contributed by atoms with van der Waals surface area (Å²) in [5.41, 5.74) is 3.78.